The van der Waals surface area contributed by atoms with Crippen molar-refractivity contribution in [2.45, 2.75) is 13.1 Å². The minimum absolute atomic E-state index is 0.179. The molecule has 0 aliphatic heterocycles. The molecule has 0 radical (unpaired) electrons. The van der Waals surface area contributed by atoms with Gasteiger partial charge in [-0.05, 0) is 71.8 Å². The molecule has 0 saturated heterocycles. The summed E-state index contributed by atoms with van der Waals surface area (Å²) >= 11 is 0. The number of carboxylic acid groups (broad SMARTS) is 1. The summed E-state index contributed by atoms with van der Waals surface area (Å²) in [5.74, 6) is -0.394. The van der Waals surface area contributed by atoms with Gasteiger partial charge >= 0.3 is 5.97 Å². The highest BCUT2D eigenvalue weighted by molar-refractivity contribution is 5.94. The summed E-state index contributed by atoms with van der Waals surface area (Å²) < 4.78 is 23.4. The molecule has 0 aromatic heterocycles. The third-order valence-corrected chi connectivity index (χ3v) is 5.37. The number of ether oxygens (including phenoxy) is 2. The van der Waals surface area contributed by atoms with E-state index in [-0.39, 0.29) is 18.1 Å². The van der Waals surface area contributed by atoms with Crippen LogP contribution in [-0.4, -0.2) is 35.6 Å². The molecule has 1 amide bonds. The van der Waals surface area contributed by atoms with Crippen molar-refractivity contribution in [2.24, 2.45) is 0 Å². The van der Waals surface area contributed by atoms with E-state index < -0.39 is 11.8 Å². The van der Waals surface area contributed by atoms with Crippen molar-refractivity contribution in [3.8, 4) is 11.5 Å². The van der Waals surface area contributed by atoms with E-state index in [1.165, 1.54) is 24.3 Å². The predicted molar refractivity (Wildman–Crippen MR) is 140 cm³/mol. The summed E-state index contributed by atoms with van der Waals surface area (Å²) in [6.45, 7) is 4.08. The average molecular weight is 502 g/mol. The number of carbonyl (C=O) groups is 2. The molecule has 0 atom stereocenters. The number of nitrogens with zero attached hydrogens (tertiary/aromatic N) is 1. The van der Waals surface area contributed by atoms with Crippen LogP contribution in [0.5, 0.6) is 11.5 Å². The lowest BCUT2D eigenvalue weighted by atomic mass is 10.1. The highest BCUT2D eigenvalue weighted by atomic mass is 19.1. The minimum atomic E-state index is -1.00. The highest BCUT2D eigenvalue weighted by Crippen LogP contribution is 2.19. The van der Waals surface area contributed by atoms with Crippen molar-refractivity contribution in [2.75, 3.05) is 13.7 Å². The van der Waals surface area contributed by atoms with Gasteiger partial charge in [-0.15, -0.1) is 0 Å². The Morgan fingerprint density at radius 3 is 1.95 bits per heavy atom. The van der Waals surface area contributed by atoms with E-state index in [2.05, 4.69) is 6.58 Å². The smallest absolute Gasteiger partial charge is 0.335 e. The first-order valence-corrected chi connectivity index (χ1v) is 11.5. The van der Waals surface area contributed by atoms with Gasteiger partial charge in [0.05, 0.1) is 12.7 Å². The van der Waals surface area contributed by atoms with E-state index >= 15 is 0 Å². The third kappa shape index (κ3) is 8.50. The summed E-state index contributed by atoms with van der Waals surface area (Å²) in [4.78, 5) is 26.3. The number of halogens is 1. The molecule has 0 aliphatic carbocycles. The van der Waals surface area contributed by atoms with Crippen LogP contribution in [-0.2, 0) is 13.1 Å². The van der Waals surface area contributed by atoms with Crippen LogP contribution in [0.2, 0.25) is 0 Å². The maximum Gasteiger partial charge on any atom is 0.335 e. The summed E-state index contributed by atoms with van der Waals surface area (Å²) in [7, 11) is 1.59. The van der Waals surface area contributed by atoms with Gasteiger partial charge in [0.15, 0.2) is 0 Å². The van der Waals surface area contributed by atoms with Crippen LogP contribution in [0.15, 0.2) is 110 Å². The maximum atomic E-state index is 13.5. The normalized spacial score (nSPS) is 11.0. The average Bonchev–Trinajstić information content (AvgIpc) is 2.90. The summed E-state index contributed by atoms with van der Waals surface area (Å²) in [5, 5.41) is 9.16. The largest absolute Gasteiger partial charge is 0.497 e. The van der Waals surface area contributed by atoms with E-state index in [1.807, 2.05) is 24.3 Å². The predicted octanol–water partition coefficient (Wildman–Crippen LogP) is 6.21. The molecule has 0 unspecified atom stereocenters. The molecule has 3 aromatic carbocycles. The monoisotopic (exact) mass is 501 g/mol. The van der Waals surface area contributed by atoms with Gasteiger partial charge in [0, 0.05) is 18.7 Å². The minimum Gasteiger partial charge on any atom is -0.497 e. The van der Waals surface area contributed by atoms with Crippen LogP contribution in [0.25, 0.3) is 0 Å². The number of aromatic carboxylic acids is 1. The number of methoxy groups -OCH3 is 1. The number of rotatable bonds is 12. The Balaban J connectivity index is 1.73. The Morgan fingerprint density at radius 1 is 0.865 bits per heavy atom. The van der Waals surface area contributed by atoms with Gasteiger partial charge in [-0.25, -0.2) is 9.18 Å². The quantitative estimate of drug-likeness (QED) is 0.299. The zero-order chi connectivity index (χ0) is 26.6. The maximum absolute atomic E-state index is 13.5. The van der Waals surface area contributed by atoms with Gasteiger partial charge in [-0.3, -0.25) is 4.79 Å². The first-order valence-electron chi connectivity index (χ1n) is 11.5. The Bertz CT molecular complexity index is 1260. The molecule has 1 N–H and O–H groups in total. The van der Waals surface area contributed by atoms with Crippen LogP contribution in [0.3, 0.4) is 0 Å². The Labute approximate surface area is 215 Å². The van der Waals surface area contributed by atoms with Gasteiger partial charge in [-0.2, -0.15) is 0 Å². The number of carbonyl (C=O) groups excluding carboxylic acids is 1. The SMILES string of the molecule is C=C(F)/C=C\C=C/COc1ccc(C(=O)N(Cc2ccc(OC)cc2)Cc2ccc(C(=O)O)cc2)cc1. The number of carboxylic acids is 1. The molecule has 3 rings (SSSR count). The molecule has 0 heterocycles. The van der Waals surface area contributed by atoms with Crippen molar-refractivity contribution in [3.63, 3.8) is 0 Å². The van der Waals surface area contributed by atoms with Crippen molar-refractivity contribution >= 4 is 11.9 Å². The summed E-state index contributed by atoms with van der Waals surface area (Å²) in [6, 6.07) is 20.8. The third-order valence-electron chi connectivity index (χ3n) is 5.37. The van der Waals surface area contributed by atoms with E-state index in [0.29, 0.717) is 24.4 Å². The standard InChI is InChI=1S/C30H28FNO5/c1-22(31)6-4-3-5-19-37-28-17-13-25(14-18-28)29(33)32(21-24-9-15-27(36-2)16-10-24)20-23-7-11-26(12-8-23)30(34)35/h3-18H,1,19-21H2,2H3,(H,34,35)/b5-3-,6-4-. The fraction of sp³-hybridized carbons (Fsp3) is 0.133. The molecular formula is C30H28FNO5. The summed E-state index contributed by atoms with van der Waals surface area (Å²) in [6.07, 6.45) is 6.16. The van der Waals surface area contributed by atoms with Crippen LogP contribution < -0.4 is 9.47 Å². The van der Waals surface area contributed by atoms with E-state index in [9.17, 15) is 14.0 Å². The molecule has 0 bridgehead atoms. The van der Waals surface area contributed by atoms with Crippen LogP contribution in [0.4, 0.5) is 4.39 Å². The zero-order valence-corrected chi connectivity index (χ0v) is 20.5. The molecule has 0 fully saturated rings. The van der Waals surface area contributed by atoms with Gasteiger partial charge in [0.2, 0.25) is 0 Å². The Hall–Kier alpha value is -4.65. The lowest BCUT2D eigenvalue weighted by molar-refractivity contribution is 0.0693. The summed E-state index contributed by atoms with van der Waals surface area (Å²) in [5.41, 5.74) is 2.41. The fourth-order valence-electron chi connectivity index (χ4n) is 3.44. The highest BCUT2D eigenvalue weighted by Gasteiger charge is 2.17. The van der Waals surface area contributed by atoms with Crippen LogP contribution in [0.1, 0.15) is 31.8 Å². The molecule has 37 heavy (non-hydrogen) atoms. The lowest BCUT2D eigenvalue weighted by Crippen LogP contribution is -2.30. The van der Waals surface area contributed by atoms with E-state index in [0.717, 1.165) is 16.9 Å². The van der Waals surface area contributed by atoms with E-state index in [4.69, 9.17) is 14.6 Å². The first kappa shape index (κ1) is 26.9. The van der Waals surface area contributed by atoms with Gasteiger partial charge < -0.3 is 19.5 Å². The number of hydrogen-bond donors (Lipinski definition) is 1. The molecule has 6 nitrogen and oxygen atoms in total. The van der Waals surface area contributed by atoms with Crippen molar-refractivity contribution in [1.82, 2.24) is 4.90 Å². The van der Waals surface area contributed by atoms with Gasteiger partial charge in [-0.1, -0.05) is 43.0 Å². The second kappa shape index (κ2) is 13.4. The van der Waals surface area contributed by atoms with Gasteiger partial charge in [0.1, 0.15) is 23.9 Å². The molecule has 190 valence electrons. The Morgan fingerprint density at radius 2 is 1.41 bits per heavy atom. The number of hydrogen-bond acceptors (Lipinski definition) is 4. The molecule has 0 aliphatic rings. The number of amides is 1. The van der Waals surface area contributed by atoms with Crippen LogP contribution in [0, 0.1) is 0 Å². The number of benzene rings is 3. The van der Waals surface area contributed by atoms with Crippen molar-refractivity contribution < 1.29 is 28.6 Å². The van der Waals surface area contributed by atoms with Crippen molar-refractivity contribution in [3.05, 3.63) is 132 Å². The molecule has 7 heteroatoms. The van der Waals surface area contributed by atoms with Gasteiger partial charge in [0.25, 0.3) is 5.91 Å². The second-order valence-electron chi connectivity index (χ2n) is 8.08. The van der Waals surface area contributed by atoms with Crippen molar-refractivity contribution in [1.29, 1.82) is 0 Å². The Kier molecular flexibility index (Phi) is 9.79. The van der Waals surface area contributed by atoms with E-state index in [1.54, 1.807) is 60.6 Å². The molecule has 0 spiro atoms. The second-order valence-corrected chi connectivity index (χ2v) is 8.08. The van der Waals surface area contributed by atoms with Crippen LogP contribution >= 0.6 is 0 Å². The molecule has 0 saturated carbocycles. The zero-order valence-electron chi connectivity index (χ0n) is 20.5. The fourth-order valence-corrected chi connectivity index (χ4v) is 3.44. The molecular weight excluding hydrogens is 473 g/mol. The molecule has 3 aromatic rings. The first-order chi connectivity index (χ1) is 17.9. The lowest BCUT2D eigenvalue weighted by Gasteiger charge is -2.23. The topological polar surface area (TPSA) is 76.1 Å². The number of allylic oxidation sites excluding steroid dienone is 4.